The van der Waals surface area contributed by atoms with Crippen molar-refractivity contribution in [3.63, 3.8) is 0 Å². The maximum absolute atomic E-state index is 5.83. The van der Waals surface area contributed by atoms with E-state index in [0.29, 0.717) is 11.6 Å². The van der Waals surface area contributed by atoms with E-state index in [4.69, 9.17) is 22.2 Å². The van der Waals surface area contributed by atoms with Crippen LogP contribution in [0.3, 0.4) is 0 Å². The first-order chi connectivity index (χ1) is 9.24. The van der Waals surface area contributed by atoms with Crippen LogP contribution >= 0.6 is 11.6 Å². The van der Waals surface area contributed by atoms with E-state index in [9.17, 15) is 0 Å². The van der Waals surface area contributed by atoms with Gasteiger partial charge in [0.15, 0.2) is 0 Å². The number of nitrogens with two attached hydrogens (primary N) is 1. The molecular weight excluding hydrogens is 262 g/mol. The quantitative estimate of drug-likeness (QED) is 0.652. The molecular formula is C14H16ClN3O. The average Bonchev–Trinajstić information content (AvgIpc) is 2.44. The van der Waals surface area contributed by atoms with Crippen molar-refractivity contribution < 1.29 is 4.74 Å². The monoisotopic (exact) mass is 277 g/mol. The minimum Gasteiger partial charge on any atom is -0.494 e. The topological polar surface area (TPSA) is 60.2 Å². The summed E-state index contributed by atoms with van der Waals surface area (Å²) in [5.41, 5.74) is 4.59. The number of ether oxygens (including phenoxy) is 1. The van der Waals surface area contributed by atoms with Crippen LogP contribution in [0.25, 0.3) is 0 Å². The summed E-state index contributed by atoms with van der Waals surface area (Å²) >= 11 is 5.83. The highest BCUT2D eigenvalue weighted by atomic mass is 35.5. The smallest absolute Gasteiger partial charge is 0.119 e. The third-order valence-corrected chi connectivity index (χ3v) is 2.96. The van der Waals surface area contributed by atoms with Crippen molar-refractivity contribution in [1.29, 1.82) is 0 Å². The number of pyridine rings is 1. The normalized spacial score (nSPS) is 12.2. The van der Waals surface area contributed by atoms with Crippen LogP contribution in [0.4, 0.5) is 0 Å². The molecule has 5 heteroatoms. The van der Waals surface area contributed by atoms with E-state index in [-0.39, 0.29) is 6.04 Å². The lowest BCUT2D eigenvalue weighted by molar-refractivity contribution is 0.340. The van der Waals surface area contributed by atoms with Gasteiger partial charge in [-0.25, -0.2) is 5.43 Å². The molecule has 0 aliphatic rings. The minimum absolute atomic E-state index is 0.173. The van der Waals surface area contributed by atoms with Gasteiger partial charge in [-0.3, -0.25) is 10.8 Å². The molecule has 0 saturated carbocycles. The molecule has 100 valence electrons. The molecule has 0 amide bonds. The van der Waals surface area contributed by atoms with Gasteiger partial charge < -0.3 is 4.74 Å². The molecule has 4 nitrogen and oxygen atoms in total. The summed E-state index contributed by atoms with van der Waals surface area (Å²) in [4.78, 5) is 4.28. The van der Waals surface area contributed by atoms with Crippen molar-refractivity contribution in [1.82, 2.24) is 10.4 Å². The number of hydrogen-bond donors (Lipinski definition) is 2. The number of aromatic nitrogens is 1. The van der Waals surface area contributed by atoms with Crippen molar-refractivity contribution in [3.8, 4) is 5.75 Å². The summed E-state index contributed by atoms with van der Waals surface area (Å²) in [5, 5.41) is 0.603. The van der Waals surface area contributed by atoms with Crippen molar-refractivity contribution >= 4 is 11.6 Å². The van der Waals surface area contributed by atoms with Gasteiger partial charge in [0.2, 0.25) is 0 Å². The second kappa shape index (κ2) is 6.52. The van der Waals surface area contributed by atoms with Gasteiger partial charge in [-0.2, -0.15) is 0 Å². The number of benzene rings is 1. The van der Waals surface area contributed by atoms with Crippen LogP contribution in [0.15, 0.2) is 42.6 Å². The number of halogens is 1. The fourth-order valence-corrected chi connectivity index (χ4v) is 1.95. The summed E-state index contributed by atoms with van der Waals surface area (Å²) in [7, 11) is 0. The lowest BCUT2D eigenvalue weighted by Gasteiger charge is -2.16. The molecule has 1 aromatic carbocycles. The number of hydrogen-bond acceptors (Lipinski definition) is 4. The molecule has 19 heavy (non-hydrogen) atoms. The molecule has 1 atom stereocenters. The molecule has 0 radical (unpaired) electrons. The van der Waals surface area contributed by atoms with Crippen molar-refractivity contribution in [2.45, 2.75) is 13.0 Å². The first-order valence-electron chi connectivity index (χ1n) is 6.05. The Morgan fingerprint density at radius 2 is 2.00 bits per heavy atom. The first kappa shape index (κ1) is 13.8. The molecule has 0 spiro atoms. The van der Waals surface area contributed by atoms with E-state index in [1.165, 1.54) is 0 Å². The van der Waals surface area contributed by atoms with Crippen LogP contribution in [-0.2, 0) is 0 Å². The SMILES string of the molecule is CCOc1ccc(C(NN)c2ccc(Cl)cn2)cc1. The molecule has 3 N–H and O–H groups in total. The predicted molar refractivity (Wildman–Crippen MR) is 76.0 cm³/mol. The summed E-state index contributed by atoms with van der Waals surface area (Å²) in [6, 6.07) is 11.2. The summed E-state index contributed by atoms with van der Waals surface area (Å²) < 4.78 is 5.41. The number of nitrogens with one attached hydrogen (secondary N) is 1. The largest absolute Gasteiger partial charge is 0.494 e. The summed E-state index contributed by atoms with van der Waals surface area (Å²) in [6.07, 6.45) is 1.61. The number of rotatable bonds is 5. The Balaban J connectivity index is 2.23. The molecule has 0 aliphatic heterocycles. The average molecular weight is 278 g/mol. The Labute approximate surface area is 117 Å². The highest BCUT2D eigenvalue weighted by Gasteiger charge is 2.13. The van der Waals surface area contributed by atoms with Crippen molar-refractivity contribution in [2.75, 3.05) is 6.61 Å². The van der Waals surface area contributed by atoms with Crippen LogP contribution < -0.4 is 16.0 Å². The van der Waals surface area contributed by atoms with Gasteiger partial charge in [-0.15, -0.1) is 0 Å². The van der Waals surface area contributed by atoms with E-state index in [0.717, 1.165) is 17.0 Å². The fraction of sp³-hybridized carbons (Fsp3) is 0.214. The van der Waals surface area contributed by atoms with E-state index in [1.807, 2.05) is 37.3 Å². The molecule has 1 aromatic heterocycles. The third kappa shape index (κ3) is 3.44. The highest BCUT2D eigenvalue weighted by Crippen LogP contribution is 2.23. The van der Waals surface area contributed by atoms with Gasteiger partial charge in [-0.05, 0) is 36.8 Å². The maximum Gasteiger partial charge on any atom is 0.119 e. The molecule has 1 unspecified atom stereocenters. The molecule has 1 heterocycles. The van der Waals surface area contributed by atoms with Crippen molar-refractivity contribution in [3.05, 3.63) is 58.9 Å². The summed E-state index contributed by atoms with van der Waals surface area (Å²) in [6.45, 7) is 2.60. The zero-order chi connectivity index (χ0) is 13.7. The van der Waals surface area contributed by atoms with Gasteiger partial charge in [0.05, 0.1) is 23.4 Å². The van der Waals surface area contributed by atoms with Crippen molar-refractivity contribution in [2.24, 2.45) is 5.84 Å². The zero-order valence-electron chi connectivity index (χ0n) is 10.6. The minimum atomic E-state index is -0.173. The van der Waals surface area contributed by atoms with Crippen LogP contribution in [0.1, 0.15) is 24.2 Å². The number of nitrogens with zero attached hydrogens (tertiary/aromatic N) is 1. The highest BCUT2D eigenvalue weighted by molar-refractivity contribution is 6.30. The van der Waals surface area contributed by atoms with Crippen LogP contribution in [-0.4, -0.2) is 11.6 Å². The molecule has 0 bridgehead atoms. The van der Waals surface area contributed by atoms with E-state index in [1.54, 1.807) is 12.3 Å². The first-order valence-corrected chi connectivity index (χ1v) is 6.42. The molecule has 2 aromatic rings. The van der Waals surface area contributed by atoms with Crippen LogP contribution in [0, 0.1) is 0 Å². The Morgan fingerprint density at radius 1 is 1.26 bits per heavy atom. The summed E-state index contributed by atoms with van der Waals surface area (Å²) in [5.74, 6) is 6.46. The predicted octanol–water partition coefficient (Wildman–Crippen LogP) is 2.69. The second-order valence-corrected chi connectivity index (χ2v) is 4.44. The van der Waals surface area contributed by atoms with Gasteiger partial charge >= 0.3 is 0 Å². The van der Waals surface area contributed by atoms with Crippen LogP contribution in [0.5, 0.6) is 5.75 Å². The van der Waals surface area contributed by atoms with Gasteiger partial charge in [0.1, 0.15) is 5.75 Å². The lowest BCUT2D eigenvalue weighted by Crippen LogP contribution is -2.29. The molecule has 0 fully saturated rings. The second-order valence-electron chi connectivity index (χ2n) is 4.00. The van der Waals surface area contributed by atoms with E-state index in [2.05, 4.69) is 10.4 Å². The third-order valence-electron chi connectivity index (χ3n) is 2.74. The van der Waals surface area contributed by atoms with Crippen LogP contribution in [0.2, 0.25) is 5.02 Å². The van der Waals surface area contributed by atoms with E-state index < -0.39 is 0 Å². The Hall–Kier alpha value is -1.62. The Kier molecular flexibility index (Phi) is 4.74. The Morgan fingerprint density at radius 3 is 2.53 bits per heavy atom. The van der Waals surface area contributed by atoms with Gasteiger partial charge in [0.25, 0.3) is 0 Å². The fourth-order valence-electron chi connectivity index (χ4n) is 1.83. The van der Waals surface area contributed by atoms with Gasteiger partial charge in [-0.1, -0.05) is 23.7 Å². The maximum atomic E-state index is 5.83. The standard InChI is InChI=1S/C14H16ClN3O/c1-2-19-12-6-3-10(4-7-12)14(18-16)13-8-5-11(15)9-17-13/h3-9,14,18H,2,16H2,1H3. The zero-order valence-corrected chi connectivity index (χ0v) is 11.4. The Bertz CT molecular complexity index is 513. The molecule has 0 aliphatic carbocycles. The number of hydrazine groups is 1. The van der Waals surface area contributed by atoms with E-state index >= 15 is 0 Å². The van der Waals surface area contributed by atoms with Gasteiger partial charge in [0, 0.05) is 6.20 Å². The molecule has 2 rings (SSSR count). The molecule has 0 saturated heterocycles. The lowest BCUT2D eigenvalue weighted by atomic mass is 10.0.